The fourth-order valence-electron chi connectivity index (χ4n) is 3.21. The predicted molar refractivity (Wildman–Crippen MR) is 111 cm³/mol. The minimum Gasteiger partial charge on any atom is -0.323 e. The lowest BCUT2D eigenvalue weighted by molar-refractivity contribution is -0.121. The fraction of sp³-hybridized carbons (Fsp3) is 0.250. The van der Waals surface area contributed by atoms with Crippen LogP contribution in [0.1, 0.15) is 18.1 Å². The molecule has 0 saturated carbocycles. The predicted octanol–water partition coefficient (Wildman–Crippen LogP) is 2.75. The second-order valence-electron chi connectivity index (χ2n) is 6.91. The molecule has 1 aromatic heterocycles. The third-order valence-electron chi connectivity index (χ3n) is 4.70. The minimum atomic E-state index is -0.483. The highest BCUT2D eigenvalue weighted by Crippen LogP contribution is 2.32. The standard InChI is InChI=1S/C20H20N6O2S/c1-12-8-9-13(2)17(10-12)26-20(22-23-24-26)29-14(3)19(28)25-11-18(27)21-15-6-4-5-7-16(15)25/h4-10,14H,11H2,1-3H3,(H,21,27)/t14-/m0/s1. The van der Waals surface area contributed by atoms with Crippen molar-refractivity contribution in [1.82, 2.24) is 20.2 Å². The maximum atomic E-state index is 13.1. The van der Waals surface area contributed by atoms with E-state index in [0.29, 0.717) is 16.5 Å². The van der Waals surface area contributed by atoms with Crippen molar-refractivity contribution in [3.8, 4) is 5.69 Å². The van der Waals surface area contributed by atoms with Gasteiger partial charge >= 0.3 is 0 Å². The Morgan fingerprint density at radius 3 is 2.79 bits per heavy atom. The molecule has 0 fully saturated rings. The number of fused-ring (bicyclic) bond motifs is 1. The molecule has 0 aliphatic carbocycles. The lowest BCUT2D eigenvalue weighted by Gasteiger charge is -2.30. The lowest BCUT2D eigenvalue weighted by atomic mass is 10.1. The van der Waals surface area contributed by atoms with Gasteiger partial charge in [0.1, 0.15) is 6.54 Å². The van der Waals surface area contributed by atoms with E-state index in [4.69, 9.17) is 0 Å². The maximum Gasteiger partial charge on any atom is 0.244 e. The quantitative estimate of drug-likeness (QED) is 0.668. The number of carbonyl (C=O) groups excluding carboxylic acids is 2. The number of benzene rings is 2. The lowest BCUT2D eigenvalue weighted by Crippen LogP contribution is -2.45. The van der Waals surface area contributed by atoms with E-state index in [2.05, 4.69) is 20.8 Å². The number of para-hydroxylation sites is 2. The van der Waals surface area contributed by atoms with E-state index >= 15 is 0 Å². The summed E-state index contributed by atoms with van der Waals surface area (Å²) < 4.78 is 1.65. The summed E-state index contributed by atoms with van der Waals surface area (Å²) in [6.07, 6.45) is 0. The van der Waals surface area contributed by atoms with E-state index in [9.17, 15) is 9.59 Å². The van der Waals surface area contributed by atoms with Crippen LogP contribution in [0.15, 0.2) is 47.6 Å². The van der Waals surface area contributed by atoms with Crippen molar-refractivity contribution < 1.29 is 9.59 Å². The molecule has 4 rings (SSSR count). The van der Waals surface area contributed by atoms with Crippen molar-refractivity contribution in [1.29, 1.82) is 0 Å². The highest BCUT2D eigenvalue weighted by Gasteiger charge is 2.31. The Bertz CT molecular complexity index is 1100. The molecule has 2 aromatic carbocycles. The number of nitrogens with zero attached hydrogens (tertiary/aromatic N) is 5. The largest absolute Gasteiger partial charge is 0.323 e. The zero-order chi connectivity index (χ0) is 20.5. The van der Waals surface area contributed by atoms with Crippen LogP contribution in [-0.4, -0.2) is 43.8 Å². The summed E-state index contributed by atoms with van der Waals surface area (Å²) >= 11 is 1.27. The molecule has 1 atom stereocenters. The Morgan fingerprint density at radius 1 is 1.17 bits per heavy atom. The van der Waals surface area contributed by atoms with Gasteiger partial charge in [0.05, 0.1) is 22.3 Å². The molecule has 8 nitrogen and oxygen atoms in total. The first kappa shape index (κ1) is 19.1. The number of hydrogen-bond acceptors (Lipinski definition) is 6. The summed E-state index contributed by atoms with van der Waals surface area (Å²) in [6, 6.07) is 13.3. The Morgan fingerprint density at radius 2 is 1.97 bits per heavy atom. The second kappa shape index (κ2) is 7.67. The van der Waals surface area contributed by atoms with Crippen molar-refractivity contribution in [2.24, 2.45) is 0 Å². The van der Waals surface area contributed by atoms with Crippen molar-refractivity contribution >= 4 is 35.0 Å². The third-order valence-corrected chi connectivity index (χ3v) is 5.72. The van der Waals surface area contributed by atoms with Gasteiger partial charge in [-0.3, -0.25) is 14.5 Å². The minimum absolute atomic E-state index is 0.0112. The zero-order valence-electron chi connectivity index (χ0n) is 16.3. The Kier molecular flexibility index (Phi) is 5.06. The number of amides is 2. The molecule has 3 aromatic rings. The Hall–Kier alpha value is -3.20. The average Bonchev–Trinajstić information content (AvgIpc) is 3.16. The smallest absolute Gasteiger partial charge is 0.244 e. The third kappa shape index (κ3) is 3.73. The number of rotatable bonds is 4. The normalized spacial score (nSPS) is 14.3. The Labute approximate surface area is 172 Å². The van der Waals surface area contributed by atoms with Gasteiger partial charge in [-0.1, -0.05) is 36.0 Å². The molecular formula is C20H20N6O2S. The van der Waals surface area contributed by atoms with Gasteiger partial charge in [0.15, 0.2) is 0 Å². The van der Waals surface area contributed by atoms with Crippen molar-refractivity contribution in [3.05, 3.63) is 53.6 Å². The molecular weight excluding hydrogens is 388 g/mol. The molecule has 29 heavy (non-hydrogen) atoms. The van der Waals surface area contributed by atoms with E-state index < -0.39 is 5.25 Å². The highest BCUT2D eigenvalue weighted by molar-refractivity contribution is 8.00. The highest BCUT2D eigenvalue weighted by atomic mass is 32.2. The topological polar surface area (TPSA) is 93.0 Å². The van der Waals surface area contributed by atoms with Crippen LogP contribution in [0.3, 0.4) is 0 Å². The number of nitrogens with one attached hydrogen (secondary N) is 1. The summed E-state index contributed by atoms with van der Waals surface area (Å²) in [5.41, 5.74) is 4.33. The van der Waals surface area contributed by atoms with E-state index in [-0.39, 0.29) is 18.4 Å². The van der Waals surface area contributed by atoms with Crippen LogP contribution in [0.5, 0.6) is 0 Å². The van der Waals surface area contributed by atoms with Crippen LogP contribution >= 0.6 is 11.8 Å². The second-order valence-corrected chi connectivity index (χ2v) is 8.22. The zero-order valence-corrected chi connectivity index (χ0v) is 17.1. The van der Waals surface area contributed by atoms with Crippen LogP contribution in [-0.2, 0) is 9.59 Å². The van der Waals surface area contributed by atoms with Gasteiger partial charge in [-0.05, 0) is 60.5 Å². The number of thioether (sulfide) groups is 1. The summed E-state index contributed by atoms with van der Waals surface area (Å²) in [7, 11) is 0. The van der Waals surface area contributed by atoms with Gasteiger partial charge in [0.25, 0.3) is 0 Å². The molecule has 0 unspecified atom stereocenters. The first-order chi connectivity index (χ1) is 13.9. The number of tetrazole rings is 1. The summed E-state index contributed by atoms with van der Waals surface area (Å²) in [5.74, 6) is -0.387. The molecule has 9 heteroatoms. The number of carbonyl (C=O) groups is 2. The van der Waals surface area contributed by atoms with E-state index in [1.165, 1.54) is 16.7 Å². The fourth-order valence-corrected chi connectivity index (χ4v) is 4.07. The molecule has 1 N–H and O–H groups in total. The molecule has 2 amide bonds. The van der Waals surface area contributed by atoms with Gasteiger partial charge in [0.2, 0.25) is 17.0 Å². The number of hydrogen-bond donors (Lipinski definition) is 1. The Balaban J connectivity index is 1.59. The molecule has 1 aliphatic rings. The van der Waals surface area contributed by atoms with Crippen LogP contribution in [0.4, 0.5) is 11.4 Å². The van der Waals surface area contributed by atoms with Crippen molar-refractivity contribution in [2.75, 3.05) is 16.8 Å². The molecule has 0 bridgehead atoms. The van der Waals surface area contributed by atoms with Gasteiger partial charge in [-0.15, -0.1) is 5.10 Å². The van der Waals surface area contributed by atoms with Gasteiger partial charge in [-0.2, -0.15) is 4.68 Å². The van der Waals surface area contributed by atoms with E-state index in [1.807, 2.05) is 50.2 Å². The summed E-state index contributed by atoms with van der Waals surface area (Å²) in [6.45, 7) is 5.78. The van der Waals surface area contributed by atoms with Crippen LogP contribution in [0.2, 0.25) is 0 Å². The van der Waals surface area contributed by atoms with Crippen molar-refractivity contribution in [2.45, 2.75) is 31.2 Å². The van der Waals surface area contributed by atoms with Crippen LogP contribution in [0.25, 0.3) is 5.69 Å². The van der Waals surface area contributed by atoms with Crippen LogP contribution in [0, 0.1) is 13.8 Å². The molecule has 2 heterocycles. The van der Waals surface area contributed by atoms with Gasteiger partial charge < -0.3 is 5.32 Å². The molecule has 0 saturated heterocycles. The summed E-state index contributed by atoms with van der Waals surface area (Å²) in [5, 5.41) is 14.8. The first-order valence-electron chi connectivity index (χ1n) is 9.17. The summed E-state index contributed by atoms with van der Waals surface area (Å²) in [4.78, 5) is 26.7. The monoisotopic (exact) mass is 408 g/mol. The average molecular weight is 408 g/mol. The maximum absolute atomic E-state index is 13.1. The molecule has 148 valence electrons. The van der Waals surface area contributed by atoms with Crippen LogP contribution < -0.4 is 10.2 Å². The van der Waals surface area contributed by atoms with Gasteiger partial charge in [-0.25, -0.2) is 0 Å². The molecule has 1 aliphatic heterocycles. The molecule has 0 spiro atoms. The van der Waals surface area contributed by atoms with Crippen molar-refractivity contribution in [3.63, 3.8) is 0 Å². The number of aromatic nitrogens is 4. The van der Waals surface area contributed by atoms with E-state index in [1.54, 1.807) is 17.7 Å². The number of anilines is 2. The SMILES string of the molecule is Cc1ccc(C)c(-n2nnnc2S[C@@H](C)C(=O)N2CC(=O)Nc3ccccc32)c1. The molecule has 0 radical (unpaired) electrons. The number of aryl methyl sites for hydroxylation is 2. The van der Waals surface area contributed by atoms with E-state index in [0.717, 1.165) is 16.8 Å². The van der Waals surface area contributed by atoms with Gasteiger partial charge in [0, 0.05) is 0 Å². The first-order valence-corrected chi connectivity index (χ1v) is 10.0.